The number of phenols is 1. The van der Waals surface area contributed by atoms with Crippen LogP contribution in [0.25, 0.3) is 0 Å². The number of hydrogen-bond donors (Lipinski definition) is 2. The molecule has 0 aromatic heterocycles. The van der Waals surface area contributed by atoms with Gasteiger partial charge in [0.25, 0.3) is 5.91 Å². The highest BCUT2D eigenvalue weighted by molar-refractivity contribution is 14.1. The van der Waals surface area contributed by atoms with E-state index in [-0.39, 0.29) is 12.4 Å². The predicted molar refractivity (Wildman–Crippen MR) is 106 cm³/mol. The molecule has 7 nitrogen and oxygen atoms in total. The molecule has 0 heterocycles. The maximum absolute atomic E-state index is 11.9. The number of hydrogen-bond acceptors (Lipinski definition) is 6. The van der Waals surface area contributed by atoms with E-state index in [0.717, 1.165) is 0 Å². The van der Waals surface area contributed by atoms with Crippen LogP contribution >= 0.6 is 22.6 Å². The molecule has 0 atom stereocenters. The summed E-state index contributed by atoms with van der Waals surface area (Å²) in [4.78, 5) is 11.9. The van der Waals surface area contributed by atoms with Crippen molar-refractivity contribution in [2.24, 2.45) is 5.10 Å². The Labute approximate surface area is 165 Å². The fourth-order valence-corrected chi connectivity index (χ4v) is 2.65. The number of hydrazone groups is 1. The molecule has 0 aliphatic heterocycles. The lowest BCUT2D eigenvalue weighted by Gasteiger charge is -2.10. The number of amides is 1. The molecule has 0 saturated carbocycles. The number of aromatic hydroxyl groups is 1. The first-order chi connectivity index (χ1) is 12.5. The number of halogens is 1. The second kappa shape index (κ2) is 9.85. The highest BCUT2D eigenvalue weighted by atomic mass is 127. The first kappa shape index (κ1) is 19.8. The molecule has 2 aromatic rings. The number of nitrogens with one attached hydrogen (secondary N) is 1. The van der Waals surface area contributed by atoms with E-state index in [1.54, 1.807) is 30.3 Å². The summed E-state index contributed by atoms with van der Waals surface area (Å²) in [6.07, 6.45) is 1.45. The number of rotatable bonds is 8. The standard InChI is InChI=1S/C18H19IN2O5/c1-3-25-14-6-4-5-7-15(14)26-11-17(22)21-20-10-12-8-13(19)18(23)16(9-12)24-2/h4-10,23H,3,11H2,1-2H3,(H,21,22)/b20-10+. The molecule has 0 unspecified atom stereocenters. The molecule has 2 N–H and O–H groups in total. The van der Waals surface area contributed by atoms with Gasteiger partial charge in [0.1, 0.15) is 0 Å². The molecule has 8 heteroatoms. The van der Waals surface area contributed by atoms with Crippen molar-refractivity contribution < 1.29 is 24.1 Å². The van der Waals surface area contributed by atoms with Crippen LogP contribution < -0.4 is 19.6 Å². The summed E-state index contributed by atoms with van der Waals surface area (Å²) in [5, 5.41) is 13.7. The van der Waals surface area contributed by atoms with Crippen LogP contribution in [-0.2, 0) is 4.79 Å². The van der Waals surface area contributed by atoms with Gasteiger partial charge < -0.3 is 19.3 Å². The first-order valence-electron chi connectivity index (χ1n) is 7.78. The highest BCUT2D eigenvalue weighted by Crippen LogP contribution is 2.31. The van der Waals surface area contributed by atoms with Gasteiger partial charge in [-0.1, -0.05) is 12.1 Å². The lowest BCUT2D eigenvalue weighted by Crippen LogP contribution is -2.24. The molecule has 2 rings (SSSR count). The van der Waals surface area contributed by atoms with Gasteiger partial charge in [-0.15, -0.1) is 0 Å². The SMILES string of the molecule is CCOc1ccccc1OCC(=O)N/N=C/c1cc(I)c(O)c(OC)c1. The monoisotopic (exact) mass is 470 g/mol. The third-order valence-corrected chi connectivity index (χ3v) is 4.00. The first-order valence-corrected chi connectivity index (χ1v) is 8.86. The van der Waals surface area contributed by atoms with Gasteiger partial charge in [0, 0.05) is 0 Å². The minimum absolute atomic E-state index is 0.0654. The van der Waals surface area contributed by atoms with Gasteiger partial charge in [0.05, 0.1) is 23.5 Å². The summed E-state index contributed by atoms with van der Waals surface area (Å²) < 4.78 is 16.6. The van der Waals surface area contributed by atoms with Crippen molar-refractivity contribution in [3.63, 3.8) is 0 Å². The van der Waals surface area contributed by atoms with E-state index in [2.05, 4.69) is 10.5 Å². The molecule has 26 heavy (non-hydrogen) atoms. The van der Waals surface area contributed by atoms with Crippen molar-refractivity contribution in [3.8, 4) is 23.0 Å². The minimum atomic E-state index is -0.409. The van der Waals surface area contributed by atoms with Gasteiger partial charge in [0.2, 0.25) is 0 Å². The smallest absolute Gasteiger partial charge is 0.277 e. The lowest BCUT2D eigenvalue weighted by molar-refractivity contribution is -0.123. The highest BCUT2D eigenvalue weighted by Gasteiger charge is 2.08. The number of ether oxygens (including phenoxy) is 3. The summed E-state index contributed by atoms with van der Waals surface area (Å²) in [7, 11) is 1.46. The van der Waals surface area contributed by atoms with Gasteiger partial charge in [-0.25, -0.2) is 5.43 Å². The van der Waals surface area contributed by atoms with Gasteiger partial charge in [0.15, 0.2) is 29.6 Å². The quantitative estimate of drug-likeness (QED) is 0.352. The summed E-state index contributed by atoms with van der Waals surface area (Å²) in [5.74, 6) is 1.06. The van der Waals surface area contributed by atoms with Gasteiger partial charge in [-0.05, 0) is 59.3 Å². The van der Waals surface area contributed by atoms with Crippen LogP contribution in [0.1, 0.15) is 12.5 Å². The summed E-state index contributed by atoms with van der Waals surface area (Å²) in [6, 6.07) is 10.5. The normalized spacial score (nSPS) is 10.6. The zero-order valence-electron chi connectivity index (χ0n) is 14.4. The van der Waals surface area contributed by atoms with E-state index < -0.39 is 5.91 Å². The largest absolute Gasteiger partial charge is 0.504 e. The fourth-order valence-electron chi connectivity index (χ4n) is 2.02. The molecule has 0 aliphatic carbocycles. The third kappa shape index (κ3) is 5.51. The van der Waals surface area contributed by atoms with E-state index in [1.165, 1.54) is 13.3 Å². The Kier molecular flexibility index (Phi) is 7.52. The zero-order valence-corrected chi connectivity index (χ0v) is 16.5. The van der Waals surface area contributed by atoms with Crippen LogP contribution in [0.2, 0.25) is 0 Å². The van der Waals surface area contributed by atoms with E-state index in [1.807, 2.05) is 35.6 Å². The number of carbonyl (C=O) groups excluding carboxylic acids is 1. The number of methoxy groups -OCH3 is 1. The molecule has 1 amide bonds. The number of phenolic OH excluding ortho intramolecular Hbond substituents is 1. The van der Waals surface area contributed by atoms with Crippen molar-refractivity contribution in [2.75, 3.05) is 20.3 Å². The van der Waals surface area contributed by atoms with Gasteiger partial charge >= 0.3 is 0 Å². The Bertz CT molecular complexity index is 795. The lowest BCUT2D eigenvalue weighted by atomic mass is 10.2. The van der Waals surface area contributed by atoms with Crippen LogP contribution in [0.3, 0.4) is 0 Å². The van der Waals surface area contributed by atoms with Gasteiger partial charge in [-0.3, -0.25) is 4.79 Å². The number of para-hydroxylation sites is 2. The summed E-state index contributed by atoms with van der Waals surface area (Å²) in [6.45, 7) is 2.18. The van der Waals surface area contributed by atoms with Crippen molar-refractivity contribution in [3.05, 3.63) is 45.5 Å². The zero-order chi connectivity index (χ0) is 18.9. The van der Waals surface area contributed by atoms with Crippen LogP contribution in [-0.4, -0.2) is 37.6 Å². The van der Waals surface area contributed by atoms with E-state index in [4.69, 9.17) is 14.2 Å². The second-order valence-electron chi connectivity index (χ2n) is 5.02. The molecule has 0 fully saturated rings. The van der Waals surface area contributed by atoms with Crippen molar-refractivity contribution in [1.82, 2.24) is 5.43 Å². The van der Waals surface area contributed by atoms with Crippen molar-refractivity contribution in [1.29, 1.82) is 0 Å². The minimum Gasteiger partial charge on any atom is -0.504 e. The second-order valence-corrected chi connectivity index (χ2v) is 6.18. The van der Waals surface area contributed by atoms with E-state index in [0.29, 0.717) is 33.0 Å². The molecule has 2 aromatic carbocycles. The molecule has 138 valence electrons. The number of nitrogens with zero attached hydrogens (tertiary/aromatic N) is 1. The Morgan fingerprint density at radius 2 is 1.92 bits per heavy atom. The Morgan fingerprint density at radius 3 is 2.58 bits per heavy atom. The van der Waals surface area contributed by atoms with Crippen molar-refractivity contribution in [2.45, 2.75) is 6.92 Å². The fraction of sp³-hybridized carbons (Fsp3) is 0.222. The Hall–Kier alpha value is -2.49. The van der Waals surface area contributed by atoms with Gasteiger partial charge in [-0.2, -0.15) is 5.10 Å². The molecule has 0 saturated heterocycles. The molecular formula is C18H19IN2O5. The number of carbonyl (C=O) groups is 1. The molecule has 0 aliphatic rings. The average molecular weight is 470 g/mol. The molecule has 0 radical (unpaired) electrons. The maximum atomic E-state index is 11.9. The Morgan fingerprint density at radius 1 is 1.23 bits per heavy atom. The van der Waals surface area contributed by atoms with Crippen LogP contribution in [0, 0.1) is 3.57 Å². The van der Waals surface area contributed by atoms with E-state index >= 15 is 0 Å². The van der Waals surface area contributed by atoms with Crippen LogP contribution in [0.5, 0.6) is 23.0 Å². The third-order valence-electron chi connectivity index (χ3n) is 3.18. The summed E-state index contributed by atoms with van der Waals surface area (Å²) in [5.41, 5.74) is 3.06. The summed E-state index contributed by atoms with van der Waals surface area (Å²) >= 11 is 1.98. The van der Waals surface area contributed by atoms with Crippen molar-refractivity contribution >= 4 is 34.7 Å². The molecule has 0 spiro atoms. The topological polar surface area (TPSA) is 89.4 Å². The van der Waals surface area contributed by atoms with E-state index in [9.17, 15) is 9.90 Å². The molecular weight excluding hydrogens is 451 g/mol. The average Bonchev–Trinajstić information content (AvgIpc) is 2.64. The maximum Gasteiger partial charge on any atom is 0.277 e. The Balaban J connectivity index is 1.91. The predicted octanol–water partition coefficient (Wildman–Crippen LogP) is 2.93. The number of benzene rings is 2. The molecule has 0 bridgehead atoms. The van der Waals surface area contributed by atoms with Crippen LogP contribution in [0.4, 0.5) is 0 Å². The van der Waals surface area contributed by atoms with Crippen LogP contribution in [0.15, 0.2) is 41.5 Å².